The lowest BCUT2D eigenvalue weighted by molar-refractivity contribution is 0.0922. The Labute approximate surface area is 152 Å². The molecule has 1 aromatic heterocycles. The van der Waals surface area contributed by atoms with Gasteiger partial charge in [-0.1, -0.05) is 25.3 Å². The van der Waals surface area contributed by atoms with Gasteiger partial charge in [-0.2, -0.15) is 5.26 Å². The summed E-state index contributed by atoms with van der Waals surface area (Å²) >= 11 is 0. The van der Waals surface area contributed by atoms with Gasteiger partial charge >= 0.3 is 0 Å². The molecule has 6 nitrogen and oxygen atoms in total. The third-order valence-corrected chi connectivity index (χ3v) is 4.43. The quantitative estimate of drug-likeness (QED) is 0.886. The smallest absolute Gasteiger partial charge is 0.274 e. The van der Waals surface area contributed by atoms with Crippen molar-refractivity contribution in [3.8, 4) is 6.07 Å². The molecule has 6 heteroatoms. The summed E-state index contributed by atoms with van der Waals surface area (Å²) in [5.74, 6) is -0.646. The zero-order valence-corrected chi connectivity index (χ0v) is 14.4. The lowest BCUT2D eigenvalue weighted by Crippen LogP contribution is -2.36. The molecule has 2 aromatic rings. The highest BCUT2D eigenvalue weighted by atomic mass is 16.2. The number of carbonyl (C=O) groups excluding carboxylic acids is 2. The highest BCUT2D eigenvalue weighted by Gasteiger charge is 2.18. The molecule has 1 aliphatic rings. The van der Waals surface area contributed by atoms with Crippen LogP contribution in [0.2, 0.25) is 0 Å². The van der Waals surface area contributed by atoms with Crippen LogP contribution in [0.1, 0.15) is 58.6 Å². The molecule has 0 saturated heterocycles. The number of nitriles is 1. The molecule has 2 N–H and O–H groups in total. The van der Waals surface area contributed by atoms with Crippen LogP contribution in [0.4, 0.5) is 5.69 Å². The first-order valence-corrected chi connectivity index (χ1v) is 8.75. The number of aromatic nitrogens is 1. The maximum atomic E-state index is 12.4. The van der Waals surface area contributed by atoms with Crippen molar-refractivity contribution in [2.75, 3.05) is 5.32 Å². The maximum absolute atomic E-state index is 12.4. The Balaban J connectivity index is 1.66. The van der Waals surface area contributed by atoms with E-state index in [1.54, 1.807) is 42.5 Å². The third kappa shape index (κ3) is 4.45. The molecule has 0 aliphatic heterocycles. The van der Waals surface area contributed by atoms with Crippen LogP contribution >= 0.6 is 0 Å². The fourth-order valence-electron chi connectivity index (χ4n) is 3.02. The molecule has 1 fully saturated rings. The van der Waals surface area contributed by atoms with Crippen LogP contribution in [0.3, 0.4) is 0 Å². The zero-order chi connectivity index (χ0) is 18.4. The van der Waals surface area contributed by atoms with Crippen molar-refractivity contribution in [1.82, 2.24) is 10.3 Å². The zero-order valence-electron chi connectivity index (χ0n) is 14.4. The molecule has 26 heavy (non-hydrogen) atoms. The van der Waals surface area contributed by atoms with E-state index in [0.717, 1.165) is 25.7 Å². The van der Waals surface area contributed by atoms with Crippen LogP contribution in [0.25, 0.3) is 0 Å². The van der Waals surface area contributed by atoms with E-state index in [1.807, 2.05) is 6.07 Å². The molecular weight excluding hydrogens is 328 g/mol. The number of rotatable bonds is 4. The monoisotopic (exact) mass is 348 g/mol. The summed E-state index contributed by atoms with van der Waals surface area (Å²) in [6.45, 7) is 0. The average molecular weight is 348 g/mol. The van der Waals surface area contributed by atoms with E-state index < -0.39 is 5.91 Å². The van der Waals surface area contributed by atoms with Crippen LogP contribution in [0.5, 0.6) is 0 Å². The van der Waals surface area contributed by atoms with Gasteiger partial charge in [0.2, 0.25) is 0 Å². The Morgan fingerprint density at radius 1 is 0.962 bits per heavy atom. The second-order valence-corrected chi connectivity index (χ2v) is 6.36. The predicted molar refractivity (Wildman–Crippen MR) is 97.7 cm³/mol. The normalized spacial score (nSPS) is 14.3. The number of anilines is 1. The van der Waals surface area contributed by atoms with E-state index in [9.17, 15) is 9.59 Å². The first-order valence-electron chi connectivity index (χ1n) is 8.75. The van der Waals surface area contributed by atoms with Crippen LogP contribution < -0.4 is 10.6 Å². The molecular formula is C20H20N4O2. The second kappa shape index (κ2) is 8.26. The second-order valence-electron chi connectivity index (χ2n) is 6.36. The molecule has 1 heterocycles. The summed E-state index contributed by atoms with van der Waals surface area (Å²) in [7, 11) is 0. The van der Waals surface area contributed by atoms with E-state index in [0.29, 0.717) is 11.3 Å². The molecule has 1 aliphatic carbocycles. The number of hydrogen-bond acceptors (Lipinski definition) is 4. The largest absolute Gasteiger partial charge is 0.348 e. The van der Waals surface area contributed by atoms with Crippen LogP contribution in [-0.2, 0) is 0 Å². The number of pyridine rings is 1. The van der Waals surface area contributed by atoms with Crippen LogP contribution in [0.15, 0.2) is 42.5 Å². The summed E-state index contributed by atoms with van der Waals surface area (Å²) in [4.78, 5) is 28.9. The van der Waals surface area contributed by atoms with Crippen molar-refractivity contribution in [1.29, 1.82) is 5.26 Å². The number of nitrogens with one attached hydrogen (secondary N) is 2. The summed E-state index contributed by atoms with van der Waals surface area (Å²) in [5.41, 5.74) is 1.49. The van der Waals surface area contributed by atoms with E-state index in [4.69, 9.17) is 5.26 Å². The van der Waals surface area contributed by atoms with Crippen molar-refractivity contribution in [2.24, 2.45) is 0 Å². The van der Waals surface area contributed by atoms with Gasteiger partial charge in [-0.05, 0) is 49.2 Å². The van der Waals surface area contributed by atoms with Gasteiger partial charge in [-0.25, -0.2) is 4.98 Å². The molecule has 132 valence electrons. The number of nitrogens with zero attached hydrogens (tertiary/aromatic N) is 2. The topological polar surface area (TPSA) is 94.9 Å². The SMILES string of the molecule is N#Cc1ccc(NC(=O)c2cccc(C(=O)NC3CCCCC3)n2)cc1. The van der Waals surface area contributed by atoms with Gasteiger partial charge in [0.1, 0.15) is 11.4 Å². The van der Waals surface area contributed by atoms with Crippen molar-refractivity contribution >= 4 is 17.5 Å². The Morgan fingerprint density at radius 3 is 2.27 bits per heavy atom. The molecule has 3 rings (SSSR count). The van der Waals surface area contributed by atoms with Crippen LogP contribution in [0, 0.1) is 11.3 Å². The van der Waals surface area contributed by atoms with E-state index >= 15 is 0 Å². The van der Waals surface area contributed by atoms with E-state index in [-0.39, 0.29) is 23.3 Å². The average Bonchev–Trinajstić information content (AvgIpc) is 2.69. The summed E-state index contributed by atoms with van der Waals surface area (Å²) in [5, 5.41) is 14.5. The Hall–Kier alpha value is -3.20. The minimum atomic E-state index is -0.401. The van der Waals surface area contributed by atoms with Gasteiger partial charge in [0, 0.05) is 11.7 Å². The first kappa shape index (κ1) is 17.6. The van der Waals surface area contributed by atoms with Crippen molar-refractivity contribution < 1.29 is 9.59 Å². The maximum Gasteiger partial charge on any atom is 0.274 e. The van der Waals surface area contributed by atoms with Gasteiger partial charge < -0.3 is 10.6 Å². The molecule has 0 bridgehead atoms. The molecule has 2 amide bonds. The molecule has 0 spiro atoms. The summed E-state index contributed by atoms with van der Waals surface area (Å²) < 4.78 is 0. The van der Waals surface area contributed by atoms with Gasteiger partial charge in [-0.15, -0.1) is 0 Å². The lowest BCUT2D eigenvalue weighted by Gasteiger charge is -2.22. The van der Waals surface area contributed by atoms with Gasteiger partial charge in [-0.3, -0.25) is 9.59 Å². The van der Waals surface area contributed by atoms with Gasteiger partial charge in [0.05, 0.1) is 11.6 Å². The molecule has 1 saturated carbocycles. The Kier molecular flexibility index (Phi) is 5.59. The first-order chi connectivity index (χ1) is 12.7. The summed E-state index contributed by atoms with van der Waals surface area (Å²) in [6, 6.07) is 13.6. The van der Waals surface area contributed by atoms with Crippen LogP contribution in [-0.4, -0.2) is 22.8 Å². The molecule has 0 atom stereocenters. The number of amides is 2. The van der Waals surface area contributed by atoms with E-state index in [1.165, 1.54) is 6.42 Å². The predicted octanol–water partition coefficient (Wildman–Crippen LogP) is 3.27. The third-order valence-electron chi connectivity index (χ3n) is 4.43. The number of carbonyl (C=O) groups is 2. The fraction of sp³-hybridized carbons (Fsp3) is 0.300. The minimum absolute atomic E-state index is 0.172. The minimum Gasteiger partial charge on any atom is -0.348 e. The van der Waals surface area contributed by atoms with Gasteiger partial charge in [0.25, 0.3) is 11.8 Å². The van der Waals surface area contributed by atoms with Crippen molar-refractivity contribution in [2.45, 2.75) is 38.1 Å². The number of benzene rings is 1. The van der Waals surface area contributed by atoms with Gasteiger partial charge in [0.15, 0.2) is 0 Å². The highest BCUT2D eigenvalue weighted by Crippen LogP contribution is 2.18. The molecule has 1 aromatic carbocycles. The Bertz CT molecular complexity index is 834. The molecule has 0 unspecified atom stereocenters. The lowest BCUT2D eigenvalue weighted by atomic mass is 9.95. The van der Waals surface area contributed by atoms with E-state index in [2.05, 4.69) is 15.6 Å². The Morgan fingerprint density at radius 2 is 1.62 bits per heavy atom. The number of hydrogen-bond donors (Lipinski definition) is 2. The fourth-order valence-corrected chi connectivity index (χ4v) is 3.02. The van der Waals surface area contributed by atoms with Crippen molar-refractivity contribution in [3.63, 3.8) is 0 Å². The standard InChI is InChI=1S/C20H20N4O2/c21-13-14-9-11-16(12-10-14)23-20(26)18-8-4-7-17(24-18)19(25)22-15-5-2-1-3-6-15/h4,7-12,15H,1-3,5-6H2,(H,22,25)(H,23,26). The van der Waals surface area contributed by atoms with Crippen molar-refractivity contribution in [3.05, 3.63) is 59.4 Å². The molecule has 0 radical (unpaired) electrons. The summed E-state index contributed by atoms with van der Waals surface area (Å²) in [6.07, 6.45) is 5.46. The highest BCUT2D eigenvalue weighted by molar-refractivity contribution is 6.03.